The number of oxime groups is 1. The van der Waals surface area contributed by atoms with Crippen molar-refractivity contribution in [2.45, 2.75) is 37.8 Å². The zero-order chi connectivity index (χ0) is 18.3. The van der Waals surface area contributed by atoms with Crippen LogP contribution in [0.4, 0.5) is 8.78 Å². The van der Waals surface area contributed by atoms with Crippen molar-refractivity contribution in [2.24, 2.45) is 11.1 Å². The van der Waals surface area contributed by atoms with E-state index in [-0.39, 0.29) is 55.0 Å². The van der Waals surface area contributed by atoms with E-state index in [0.29, 0.717) is 5.71 Å². The molecule has 0 radical (unpaired) electrons. The van der Waals surface area contributed by atoms with Crippen LogP contribution in [0.15, 0.2) is 23.4 Å². The van der Waals surface area contributed by atoms with E-state index in [1.807, 2.05) is 0 Å². The van der Waals surface area contributed by atoms with Gasteiger partial charge >= 0.3 is 0 Å². The van der Waals surface area contributed by atoms with E-state index in [1.54, 1.807) is 0 Å². The van der Waals surface area contributed by atoms with E-state index in [9.17, 15) is 18.4 Å². The van der Waals surface area contributed by atoms with Crippen LogP contribution in [0.2, 0.25) is 0 Å². The Morgan fingerprint density at radius 1 is 1.27 bits per heavy atom. The van der Waals surface area contributed by atoms with E-state index in [2.05, 4.69) is 10.5 Å². The smallest absolute Gasteiger partial charge is 0.269 e. The van der Waals surface area contributed by atoms with Crippen LogP contribution in [0, 0.1) is 17.6 Å². The quantitative estimate of drug-likeness (QED) is 0.879. The standard InChI is InChI=1S/C18H19F2N3O3/c19-13-6-1-3-10(16(13)20)7-15(24)23-8-12-14(9-23)26-22-17(12)18(25)21-11-4-2-5-11/h1,3,6,11-12,14H,2,4-5,7-9H2,(H,21,25)/t12-,14+/m0/s1. The molecular formula is C18H19F2N3O3. The fourth-order valence-electron chi connectivity index (χ4n) is 3.52. The Morgan fingerprint density at radius 3 is 2.81 bits per heavy atom. The molecule has 8 heteroatoms. The first-order valence-electron chi connectivity index (χ1n) is 8.78. The molecule has 1 saturated heterocycles. The van der Waals surface area contributed by atoms with Gasteiger partial charge in [0.15, 0.2) is 23.5 Å². The highest BCUT2D eigenvalue weighted by molar-refractivity contribution is 6.40. The monoisotopic (exact) mass is 363 g/mol. The van der Waals surface area contributed by atoms with Crippen molar-refractivity contribution in [2.75, 3.05) is 13.1 Å². The average molecular weight is 363 g/mol. The summed E-state index contributed by atoms with van der Waals surface area (Å²) in [6.07, 6.45) is 2.46. The second-order valence-corrected chi connectivity index (χ2v) is 7.02. The summed E-state index contributed by atoms with van der Waals surface area (Å²) in [5.74, 6) is -2.83. The molecule has 0 aromatic heterocycles. The Morgan fingerprint density at radius 2 is 2.08 bits per heavy atom. The molecule has 2 fully saturated rings. The molecule has 2 atom stereocenters. The van der Waals surface area contributed by atoms with Crippen molar-refractivity contribution in [3.8, 4) is 0 Å². The Balaban J connectivity index is 1.38. The molecule has 0 unspecified atom stereocenters. The molecule has 6 nitrogen and oxygen atoms in total. The summed E-state index contributed by atoms with van der Waals surface area (Å²) in [4.78, 5) is 31.6. The second-order valence-electron chi connectivity index (χ2n) is 7.02. The molecule has 4 rings (SSSR count). The summed E-state index contributed by atoms with van der Waals surface area (Å²) in [6.45, 7) is 0.571. The first-order chi connectivity index (χ1) is 12.5. The molecule has 1 aromatic rings. The van der Waals surface area contributed by atoms with Crippen molar-refractivity contribution >= 4 is 17.5 Å². The SMILES string of the molecule is O=C(NC1CCC1)C1=NO[C@@H]2CN(C(=O)Cc3cccc(F)c3F)C[C@H]12. The van der Waals surface area contributed by atoms with E-state index >= 15 is 0 Å². The van der Waals surface area contributed by atoms with Gasteiger partial charge in [-0.05, 0) is 25.3 Å². The summed E-state index contributed by atoms with van der Waals surface area (Å²) in [5.41, 5.74) is 0.332. The maximum atomic E-state index is 13.8. The first kappa shape index (κ1) is 16.9. The van der Waals surface area contributed by atoms with Gasteiger partial charge in [-0.1, -0.05) is 17.3 Å². The summed E-state index contributed by atoms with van der Waals surface area (Å²) < 4.78 is 27.1. The van der Waals surface area contributed by atoms with Crippen molar-refractivity contribution in [1.29, 1.82) is 0 Å². The zero-order valence-electron chi connectivity index (χ0n) is 14.1. The number of nitrogens with zero attached hydrogens (tertiary/aromatic N) is 2. The van der Waals surface area contributed by atoms with E-state index < -0.39 is 11.6 Å². The molecule has 2 heterocycles. The Kier molecular flexibility index (Phi) is 4.34. The predicted molar refractivity (Wildman–Crippen MR) is 88.2 cm³/mol. The number of fused-ring (bicyclic) bond motifs is 1. The molecule has 3 aliphatic rings. The number of carbonyl (C=O) groups excluding carboxylic acids is 2. The summed E-state index contributed by atoms with van der Waals surface area (Å²) in [5, 5.41) is 6.82. The summed E-state index contributed by atoms with van der Waals surface area (Å²) in [7, 11) is 0. The molecule has 1 N–H and O–H groups in total. The lowest BCUT2D eigenvalue weighted by molar-refractivity contribution is -0.130. The van der Waals surface area contributed by atoms with Gasteiger partial charge < -0.3 is 15.1 Å². The van der Waals surface area contributed by atoms with Crippen molar-refractivity contribution in [3.05, 3.63) is 35.4 Å². The molecule has 2 amide bonds. The number of rotatable bonds is 4. The van der Waals surface area contributed by atoms with E-state index in [4.69, 9.17) is 4.84 Å². The topological polar surface area (TPSA) is 71.0 Å². The molecule has 138 valence electrons. The zero-order valence-corrected chi connectivity index (χ0v) is 14.1. The third kappa shape index (κ3) is 3.04. The Bertz CT molecular complexity index is 779. The van der Waals surface area contributed by atoms with Crippen molar-refractivity contribution < 1.29 is 23.2 Å². The van der Waals surface area contributed by atoms with Gasteiger partial charge in [0.05, 0.1) is 18.9 Å². The molecule has 1 aliphatic carbocycles. The van der Waals surface area contributed by atoms with Crippen LogP contribution >= 0.6 is 0 Å². The lowest BCUT2D eigenvalue weighted by Gasteiger charge is -2.26. The van der Waals surface area contributed by atoms with E-state index in [0.717, 1.165) is 25.3 Å². The highest BCUT2D eigenvalue weighted by Crippen LogP contribution is 2.28. The minimum absolute atomic E-state index is 0.0181. The molecule has 26 heavy (non-hydrogen) atoms. The van der Waals surface area contributed by atoms with Crippen LogP contribution in [0.1, 0.15) is 24.8 Å². The van der Waals surface area contributed by atoms with Gasteiger partial charge in [-0.3, -0.25) is 9.59 Å². The third-order valence-corrected chi connectivity index (χ3v) is 5.30. The molecule has 0 bridgehead atoms. The lowest BCUT2D eigenvalue weighted by Crippen LogP contribution is -2.45. The van der Waals surface area contributed by atoms with Crippen LogP contribution in [-0.4, -0.2) is 47.7 Å². The van der Waals surface area contributed by atoms with Gasteiger partial charge in [0, 0.05) is 18.2 Å². The number of hydrogen-bond donors (Lipinski definition) is 1. The first-order valence-corrected chi connectivity index (χ1v) is 8.78. The van der Waals surface area contributed by atoms with Crippen LogP contribution in [0.5, 0.6) is 0 Å². The number of hydrogen-bond acceptors (Lipinski definition) is 4. The van der Waals surface area contributed by atoms with Crippen LogP contribution in [0.25, 0.3) is 0 Å². The van der Waals surface area contributed by atoms with Crippen LogP contribution in [0.3, 0.4) is 0 Å². The normalized spacial score (nSPS) is 24.5. The Hall–Kier alpha value is -2.51. The van der Waals surface area contributed by atoms with Crippen LogP contribution < -0.4 is 5.32 Å². The molecule has 1 saturated carbocycles. The van der Waals surface area contributed by atoms with Crippen molar-refractivity contribution in [1.82, 2.24) is 10.2 Å². The van der Waals surface area contributed by atoms with Gasteiger partial charge in [0.2, 0.25) is 5.91 Å². The Labute approximate surface area is 149 Å². The number of benzene rings is 1. The molecule has 1 aromatic carbocycles. The fraction of sp³-hybridized carbons (Fsp3) is 0.500. The van der Waals surface area contributed by atoms with E-state index in [1.165, 1.54) is 17.0 Å². The third-order valence-electron chi connectivity index (χ3n) is 5.30. The minimum Gasteiger partial charge on any atom is -0.389 e. The number of carbonyl (C=O) groups is 2. The second kappa shape index (κ2) is 6.66. The number of amides is 2. The highest BCUT2D eigenvalue weighted by Gasteiger charge is 2.46. The summed E-state index contributed by atoms with van der Waals surface area (Å²) >= 11 is 0. The van der Waals surface area contributed by atoms with Gasteiger partial charge in [-0.2, -0.15) is 0 Å². The van der Waals surface area contributed by atoms with Gasteiger partial charge in [-0.25, -0.2) is 8.78 Å². The van der Waals surface area contributed by atoms with Gasteiger partial charge in [0.1, 0.15) is 0 Å². The minimum atomic E-state index is -1.00. The number of likely N-dealkylation sites (tertiary alicyclic amines) is 1. The maximum absolute atomic E-state index is 13.8. The molecule has 2 aliphatic heterocycles. The largest absolute Gasteiger partial charge is 0.389 e. The number of nitrogens with one attached hydrogen (secondary N) is 1. The average Bonchev–Trinajstić information content (AvgIpc) is 3.15. The maximum Gasteiger partial charge on any atom is 0.269 e. The van der Waals surface area contributed by atoms with Gasteiger partial charge in [-0.15, -0.1) is 0 Å². The van der Waals surface area contributed by atoms with Gasteiger partial charge in [0.25, 0.3) is 5.91 Å². The predicted octanol–water partition coefficient (Wildman–Crippen LogP) is 1.39. The lowest BCUT2D eigenvalue weighted by atomic mass is 9.92. The summed E-state index contributed by atoms with van der Waals surface area (Å²) in [6, 6.07) is 3.97. The van der Waals surface area contributed by atoms with Crippen molar-refractivity contribution in [3.63, 3.8) is 0 Å². The highest BCUT2D eigenvalue weighted by atomic mass is 19.2. The number of halogens is 2. The molecular weight excluding hydrogens is 344 g/mol. The van der Waals surface area contributed by atoms with Crippen LogP contribution in [-0.2, 0) is 20.8 Å². The molecule has 0 spiro atoms. The fourth-order valence-corrected chi connectivity index (χ4v) is 3.52.